The molecule has 0 spiro atoms. The van der Waals surface area contributed by atoms with Crippen molar-refractivity contribution >= 4 is 5.69 Å². The van der Waals surface area contributed by atoms with Gasteiger partial charge in [0.2, 0.25) is 0 Å². The third-order valence-corrected chi connectivity index (χ3v) is 3.14. The summed E-state index contributed by atoms with van der Waals surface area (Å²) in [6.45, 7) is 2.45. The number of hydrogen-bond acceptors (Lipinski definition) is 6. The monoisotopic (exact) mass is 285 g/mol. The number of aryl methyl sites for hydroxylation is 1. The Morgan fingerprint density at radius 2 is 2.10 bits per heavy atom. The fourth-order valence-corrected chi connectivity index (χ4v) is 2.03. The van der Waals surface area contributed by atoms with E-state index < -0.39 is 0 Å². The van der Waals surface area contributed by atoms with Crippen molar-refractivity contribution in [2.75, 3.05) is 5.32 Å². The number of hydrogen-bond donors (Lipinski definition) is 2. The number of anilines is 1. The van der Waals surface area contributed by atoms with Gasteiger partial charge in [-0.25, -0.2) is 4.68 Å². The number of furan rings is 1. The molecule has 0 saturated carbocycles. The molecule has 0 amide bonds. The molecule has 108 valence electrons. The maximum Gasteiger partial charge on any atom is 0.143 e. The Labute approximate surface area is 121 Å². The van der Waals surface area contributed by atoms with Gasteiger partial charge in [-0.05, 0) is 47.2 Å². The summed E-state index contributed by atoms with van der Waals surface area (Å²) >= 11 is 0. The van der Waals surface area contributed by atoms with Crippen LogP contribution < -0.4 is 5.32 Å². The number of aliphatic hydroxyl groups is 1. The van der Waals surface area contributed by atoms with Crippen molar-refractivity contribution in [2.45, 2.75) is 20.1 Å². The molecule has 0 aliphatic heterocycles. The number of aliphatic hydroxyl groups excluding tert-OH is 1. The molecular formula is C14H15N5O2. The van der Waals surface area contributed by atoms with Crippen LogP contribution in [0.1, 0.15) is 17.1 Å². The van der Waals surface area contributed by atoms with Gasteiger partial charge in [-0.1, -0.05) is 6.07 Å². The lowest BCUT2D eigenvalue weighted by atomic mass is 10.2. The Kier molecular flexibility index (Phi) is 3.65. The number of tetrazole rings is 1. The van der Waals surface area contributed by atoms with E-state index >= 15 is 0 Å². The SMILES string of the molecule is Cc1ccc(NCc2ccc(CO)o2)cc1-n1cnnn1. The van der Waals surface area contributed by atoms with Gasteiger partial charge in [0, 0.05) is 5.69 Å². The minimum atomic E-state index is -0.0893. The van der Waals surface area contributed by atoms with Crippen LogP contribution >= 0.6 is 0 Å². The molecule has 0 aliphatic rings. The molecule has 1 aromatic carbocycles. The van der Waals surface area contributed by atoms with E-state index in [0.29, 0.717) is 12.3 Å². The second-order valence-corrected chi connectivity index (χ2v) is 4.64. The molecule has 2 aromatic heterocycles. The highest BCUT2D eigenvalue weighted by atomic mass is 16.4. The van der Waals surface area contributed by atoms with Gasteiger partial charge < -0.3 is 14.8 Å². The average molecular weight is 285 g/mol. The molecule has 3 rings (SSSR count). The zero-order chi connectivity index (χ0) is 14.7. The fourth-order valence-electron chi connectivity index (χ4n) is 2.03. The first-order valence-corrected chi connectivity index (χ1v) is 6.52. The van der Waals surface area contributed by atoms with Crippen molar-refractivity contribution in [3.63, 3.8) is 0 Å². The Balaban J connectivity index is 1.75. The summed E-state index contributed by atoms with van der Waals surface area (Å²) in [7, 11) is 0. The highest BCUT2D eigenvalue weighted by molar-refractivity contribution is 5.54. The van der Waals surface area contributed by atoms with Crippen LogP contribution in [0.3, 0.4) is 0 Å². The van der Waals surface area contributed by atoms with Crippen LogP contribution in [0, 0.1) is 6.92 Å². The zero-order valence-electron chi connectivity index (χ0n) is 11.5. The van der Waals surface area contributed by atoms with E-state index in [1.165, 1.54) is 0 Å². The number of nitrogens with one attached hydrogen (secondary N) is 1. The molecule has 21 heavy (non-hydrogen) atoms. The van der Waals surface area contributed by atoms with Crippen molar-refractivity contribution < 1.29 is 9.52 Å². The molecule has 3 aromatic rings. The maximum absolute atomic E-state index is 8.97. The molecule has 0 atom stereocenters. The molecule has 0 bridgehead atoms. The van der Waals surface area contributed by atoms with Crippen molar-refractivity contribution in [3.8, 4) is 5.69 Å². The molecular weight excluding hydrogens is 270 g/mol. The predicted molar refractivity (Wildman–Crippen MR) is 75.8 cm³/mol. The molecule has 0 fully saturated rings. The zero-order valence-corrected chi connectivity index (χ0v) is 11.5. The summed E-state index contributed by atoms with van der Waals surface area (Å²) in [5, 5.41) is 23.4. The van der Waals surface area contributed by atoms with Gasteiger partial charge in [0.1, 0.15) is 24.5 Å². The number of aromatic nitrogens is 4. The van der Waals surface area contributed by atoms with Gasteiger partial charge >= 0.3 is 0 Å². The second-order valence-electron chi connectivity index (χ2n) is 4.64. The number of rotatable bonds is 5. The molecule has 0 radical (unpaired) electrons. The lowest BCUT2D eigenvalue weighted by molar-refractivity contribution is 0.244. The topological polar surface area (TPSA) is 89.0 Å². The summed E-state index contributed by atoms with van der Waals surface area (Å²) < 4.78 is 7.05. The summed E-state index contributed by atoms with van der Waals surface area (Å²) in [6, 6.07) is 9.56. The van der Waals surface area contributed by atoms with Crippen LogP contribution in [0.5, 0.6) is 0 Å². The molecule has 2 heterocycles. The lowest BCUT2D eigenvalue weighted by Gasteiger charge is -2.09. The second kappa shape index (κ2) is 5.76. The third kappa shape index (κ3) is 2.92. The number of benzene rings is 1. The van der Waals surface area contributed by atoms with Crippen LogP contribution in [0.25, 0.3) is 5.69 Å². The molecule has 0 aliphatic carbocycles. The van der Waals surface area contributed by atoms with Gasteiger partial charge in [-0.3, -0.25) is 0 Å². The highest BCUT2D eigenvalue weighted by Crippen LogP contribution is 2.19. The average Bonchev–Trinajstić information content (AvgIpc) is 3.18. The fraction of sp³-hybridized carbons (Fsp3) is 0.214. The van der Waals surface area contributed by atoms with Crippen molar-refractivity contribution in [2.24, 2.45) is 0 Å². The first-order chi connectivity index (χ1) is 10.3. The summed E-state index contributed by atoms with van der Waals surface area (Å²) in [5.41, 5.74) is 2.93. The normalized spacial score (nSPS) is 10.8. The smallest absolute Gasteiger partial charge is 0.143 e. The van der Waals surface area contributed by atoms with Crippen LogP contribution in [0.15, 0.2) is 41.1 Å². The largest absolute Gasteiger partial charge is 0.462 e. The molecule has 2 N–H and O–H groups in total. The van der Waals surface area contributed by atoms with Gasteiger partial charge in [0.25, 0.3) is 0 Å². The third-order valence-electron chi connectivity index (χ3n) is 3.14. The van der Waals surface area contributed by atoms with Crippen LogP contribution in [-0.4, -0.2) is 25.3 Å². The van der Waals surface area contributed by atoms with E-state index in [4.69, 9.17) is 9.52 Å². The Morgan fingerprint density at radius 3 is 2.81 bits per heavy atom. The predicted octanol–water partition coefficient (Wildman–Crippen LogP) is 1.67. The maximum atomic E-state index is 8.97. The van der Waals surface area contributed by atoms with Crippen molar-refractivity contribution in [1.29, 1.82) is 0 Å². The molecule has 0 saturated heterocycles. The van der Waals surface area contributed by atoms with Gasteiger partial charge in [-0.2, -0.15) is 0 Å². The summed E-state index contributed by atoms with van der Waals surface area (Å²) in [6.07, 6.45) is 1.56. The Bertz CT molecular complexity index is 721. The molecule has 7 nitrogen and oxygen atoms in total. The van der Waals surface area contributed by atoms with E-state index in [1.54, 1.807) is 17.1 Å². The van der Waals surface area contributed by atoms with E-state index in [-0.39, 0.29) is 6.61 Å². The Morgan fingerprint density at radius 1 is 1.24 bits per heavy atom. The standard InChI is InChI=1S/C14H15N5O2/c1-10-2-3-11(6-14(10)19-9-16-17-18-19)15-7-12-4-5-13(8-20)21-12/h2-6,9,15,20H,7-8H2,1H3. The molecule has 0 unspecified atom stereocenters. The molecule has 7 heteroatoms. The van der Waals surface area contributed by atoms with E-state index in [0.717, 1.165) is 22.7 Å². The minimum absolute atomic E-state index is 0.0893. The van der Waals surface area contributed by atoms with Crippen LogP contribution in [-0.2, 0) is 13.2 Å². The highest BCUT2D eigenvalue weighted by Gasteiger charge is 2.05. The van der Waals surface area contributed by atoms with Crippen LogP contribution in [0.4, 0.5) is 5.69 Å². The van der Waals surface area contributed by atoms with Crippen molar-refractivity contribution in [3.05, 3.63) is 53.7 Å². The van der Waals surface area contributed by atoms with Gasteiger partial charge in [0.05, 0.1) is 12.2 Å². The summed E-state index contributed by atoms with van der Waals surface area (Å²) in [5.74, 6) is 1.33. The first kappa shape index (κ1) is 13.3. The van der Waals surface area contributed by atoms with Crippen molar-refractivity contribution in [1.82, 2.24) is 20.2 Å². The van der Waals surface area contributed by atoms with E-state index in [1.807, 2.05) is 31.2 Å². The first-order valence-electron chi connectivity index (χ1n) is 6.52. The van der Waals surface area contributed by atoms with Gasteiger partial charge in [0.15, 0.2) is 0 Å². The lowest BCUT2D eigenvalue weighted by Crippen LogP contribution is -2.02. The van der Waals surface area contributed by atoms with E-state index in [2.05, 4.69) is 20.8 Å². The summed E-state index contributed by atoms with van der Waals surface area (Å²) in [4.78, 5) is 0. The quantitative estimate of drug-likeness (QED) is 0.741. The van der Waals surface area contributed by atoms with E-state index in [9.17, 15) is 0 Å². The Hall–Kier alpha value is -2.67. The van der Waals surface area contributed by atoms with Gasteiger partial charge in [-0.15, -0.1) is 5.10 Å². The minimum Gasteiger partial charge on any atom is -0.462 e. The van der Waals surface area contributed by atoms with Crippen LogP contribution in [0.2, 0.25) is 0 Å². The number of nitrogens with zero attached hydrogens (tertiary/aromatic N) is 4.